The number of aliphatic hydroxyl groups is 1. The monoisotopic (exact) mass is 398 g/mol. The average Bonchev–Trinajstić information content (AvgIpc) is 3.03. The van der Waals surface area contributed by atoms with Gasteiger partial charge in [0.25, 0.3) is 0 Å². The first-order valence-corrected chi connectivity index (χ1v) is 10.3. The maximum Gasteiger partial charge on any atom is 0.356 e. The minimum atomic E-state index is -0.661. The van der Waals surface area contributed by atoms with E-state index in [1.54, 1.807) is 0 Å². The molecule has 0 radical (unpaired) electrons. The molecule has 4 N–H and O–H groups in total. The lowest BCUT2D eigenvalue weighted by molar-refractivity contribution is -0.908. The number of anilines is 1. The number of rotatable bonds is 8. The predicted octanol–water partition coefficient (Wildman–Crippen LogP) is -0.134. The van der Waals surface area contributed by atoms with E-state index in [1.165, 1.54) is 4.90 Å². The van der Waals surface area contributed by atoms with Crippen LogP contribution in [0.5, 0.6) is 5.75 Å². The van der Waals surface area contributed by atoms with Crippen LogP contribution in [0.1, 0.15) is 0 Å². The van der Waals surface area contributed by atoms with E-state index in [4.69, 9.17) is 15.2 Å². The molecular weight excluding hydrogens is 368 g/mol. The maximum atomic E-state index is 10.6. The van der Waals surface area contributed by atoms with Crippen molar-refractivity contribution in [3.8, 4) is 5.75 Å². The first-order chi connectivity index (χ1) is 14.2. The summed E-state index contributed by atoms with van der Waals surface area (Å²) in [6.07, 6.45) is -0.661. The van der Waals surface area contributed by atoms with Crippen LogP contribution in [0.25, 0.3) is 11.0 Å². The van der Waals surface area contributed by atoms with Crippen molar-refractivity contribution < 1.29 is 24.0 Å². The van der Waals surface area contributed by atoms with Crippen molar-refractivity contribution in [2.45, 2.75) is 19.2 Å². The van der Waals surface area contributed by atoms with Gasteiger partial charge in [0.15, 0.2) is 0 Å². The van der Waals surface area contributed by atoms with Gasteiger partial charge in [-0.05, 0) is 24.3 Å². The smallest absolute Gasteiger partial charge is 0.356 e. The van der Waals surface area contributed by atoms with Gasteiger partial charge in [-0.3, -0.25) is 5.73 Å². The first kappa shape index (κ1) is 19.7. The largest absolute Gasteiger partial charge is 0.491 e. The number of para-hydroxylation sites is 3. The quantitative estimate of drug-likeness (QED) is 0.462. The zero-order chi connectivity index (χ0) is 20.1. The fraction of sp³-hybridized carbons (Fsp3) is 0.409. The number of aliphatic hydroxyl groups excluding tert-OH is 1. The van der Waals surface area contributed by atoms with Gasteiger partial charge in [0.2, 0.25) is 0 Å². The van der Waals surface area contributed by atoms with Crippen molar-refractivity contribution in [1.82, 2.24) is 4.57 Å². The number of nitrogens with one attached hydrogen (secondary N) is 1. The van der Waals surface area contributed by atoms with Gasteiger partial charge in [-0.1, -0.05) is 30.3 Å². The summed E-state index contributed by atoms with van der Waals surface area (Å²) in [5, 5.41) is 10.6. The van der Waals surface area contributed by atoms with E-state index in [9.17, 15) is 5.11 Å². The van der Waals surface area contributed by atoms with Crippen LogP contribution in [0, 0.1) is 0 Å². The number of fused-ring (bicyclic) bond motifs is 1. The Bertz CT molecular complexity index is 922. The molecule has 4 rings (SSSR count). The number of hydrogen-bond donors (Lipinski definition) is 3. The van der Waals surface area contributed by atoms with Crippen molar-refractivity contribution in [3.63, 3.8) is 0 Å². The highest BCUT2D eigenvalue weighted by Gasteiger charge is 2.24. The highest BCUT2D eigenvalue weighted by Crippen LogP contribution is 2.16. The number of quaternary nitrogens is 1. The van der Waals surface area contributed by atoms with Crippen molar-refractivity contribution in [2.24, 2.45) is 0 Å². The Hall–Kier alpha value is -2.61. The fourth-order valence-corrected chi connectivity index (χ4v) is 3.89. The Balaban J connectivity index is 1.47. The van der Waals surface area contributed by atoms with E-state index in [0.29, 0.717) is 12.5 Å². The lowest BCUT2D eigenvalue weighted by Gasteiger charge is -2.23. The molecule has 1 aliphatic rings. The second kappa shape index (κ2) is 9.26. The lowest BCUT2D eigenvalue weighted by Crippen LogP contribution is -3.14. The average molecular weight is 399 g/mol. The number of nitrogen functional groups attached to an aromatic ring is 1. The number of benzene rings is 2. The Morgan fingerprint density at radius 2 is 1.83 bits per heavy atom. The molecule has 29 heavy (non-hydrogen) atoms. The molecule has 0 saturated carbocycles. The molecule has 1 saturated heterocycles. The van der Waals surface area contributed by atoms with E-state index in [2.05, 4.69) is 16.7 Å². The van der Waals surface area contributed by atoms with Crippen LogP contribution in [-0.2, 0) is 17.8 Å². The number of aromatic nitrogens is 2. The molecule has 0 bridgehead atoms. The predicted molar refractivity (Wildman–Crippen MR) is 111 cm³/mol. The molecule has 1 fully saturated rings. The number of morpholine rings is 1. The molecule has 7 heteroatoms. The SMILES string of the molecule is Nc1n(CC[NH+]2CCOCC2)c2ccccc2[n+]1CC(O)COc1ccccc1. The number of ether oxygens (including phenoxy) is 2. The summed E-state index contributed by atoms with van der Waals surface area (Å²) in [5.41, 5.74) is 8.65. The molecule has 0 spiro atoms. The highest BCUT2D eigenvalue weighted by molar-refractivity contribution is 5.73. The van der Waals surface area contributed by atoms with Crippen molar-refractivity contribution in [3.05, 3.63) is 54.6 Å². The Kier molecular flexibility index (Phi) is 6.29. The van der Waals surface area contributed by atoms with Crippen LogP contribution in [0.3, 0.4) is 0 Å². The van der Waals surface area contributed by atoms with Crippen LogP contribution >= 0.6 is 0 Å². The minimum Gasteiger partial charge on any atom is -0.491 e. The van der Waals surface area contributed by atoms with Gasteiger partial charge in [-0.15, -0.1) is 0 Å². The third-order valence-electron chi connectivity index (χ3n) is 5.48. The Labute approximate surface area is 170 Å². The maximum absolute atomic E-state index is 10.6. The molecule has 2 heterocycles. The van der Waals surface area contributed by atoms with Crippen LogP contribution in [0.4, 0.5) is 5.95 Å². The molecule has 0 amide bonds. The van der Waals surface area contributed by atoms with E-state index in [-0.39, 0.29) is 6.61 Å². The molecule has 0 aliphatic carbocycles. The Morgan fingerprint density at radius 1 is 1.10 bits per heavy atom. The molecule has 154 valence electrons. The van der Waals surface area contributed by atoms with Crippen LogP contribution in [0.15, 0.2) is 54.6 Å². The van der Waals surface area contributed by atoms with Crippen LogP contribution in [-0.4, -0.2) is 55.2 Å². The van der Waals surface area contributed by atoms with Crippen molar-refractivity contribution >= 4 is 17.0 Å². The summed E-state index contributed by atoms with van der Waals surface area (Å²) < 4.78 is 15.3. The van der Waals surface area contributed by atoms with Crippen molar-refractivity contribution in [1.29, 1.82) is 0 Å². The molecule has 1 aliphatic heterocycles. The van der Waals surface area contributed by atoms with Gasteiger partial charge in [0.1, 0.15) is 62.2 Å². The van der Waals surface area contributed by atoms with E-state index in [0.717, 1.165) is 56.2 Å². The molecule has 3 aromatic rings. The third-order valence-corrected chi connectivity index (χ3v) is 5.48. The Morgan fingerprint density at radius 3 is 2.62 bits per heavy atom. The first-order valence-electron chi connectivity index (χ1n) is 10.3. The highest BCUT2D eigenvalue weighted by atomic mass is 16.5. The summed E-state index contributed by atoms with van der Waals surface area (Å²) >= 11 is 0. The standard InChI is InChI=1S/C22H28N4O3/c23-22-25(11-10-24-12-14-28-15-13-24)20-8-4-5-9-21(20)26(22)16-18(27)17-29-19-6-2-1-3-7-19/h1-9,18,23,27H,10-17H2/p+2. The summed E-state index contributed by atoms with van der Waals surface area (Å²) in [6.45, 7) is 6.17. The second-order valence-corrected chi connectivity index (χ2v) is 7.50. The van der Waals surface area contributed by atoms with Gasteiger partial charge < -0.3 is 19.5 Å². The van der Waals surface area contributed by atoms with Crippen LogP contribution < -0.4 is 19.9 Å². The molecule has 1 atom stereocenters. The van der Waals surface area contributed by atoms with Gasteiger partial charge in [-0.2, -0.15) is 0 Å². The van der Waals surface area contributed by atoms with E-state index < -0.39 is 6.10 Å². The van der Waals surface area contributed by atoms with Crippen molar-refractivity contribution in [2.75, 3.05) is 45.2 Å². The van der Waals surface area contributed by atoms with Gasteiger partial charge in [-0.25, -0.2) is 9.13 Å². The topological polar surface area (TPSA) is 78.0 Å². The summed E-state index contributed by atoms with van der Waals surface area (Å²) in [6, 6.07) is 17.7. The van der Waals surface area contributed by atoms with Crippen LogP contribution in [0.2, 0.25) is 0 Å². The molecule has 2 aromatic carbocycles. The van der Waals surface area contributed by atoms with E-state index >= 15 is 0 Å². The summed E-state index contributed by atoms with van der Waals surface area (Å²) in [7, 11) is 0. The minimum absolute atomic E-state index is 0.216. The number of nitrogens with two attached hydrogens (primary N) is 1. The van der Waals surface area contributed by atoms with Gasteiger partial charge in [0, 0.05) is 0 Å². The molecule has 1 aromatic heterocycles. The van der Waals surface area contributed by atoms with Gasteiger partial charge in [0.05, 0.1) is 13.2 Å². The molecule has 1 unspecified atom stereocenters. The third kappa shape index (κ3) is 4.70. The lowest BCUT2D eigenvalue weighted by atomic mass is 10.3. The normalized spacial score (nSPS) is 16.2. The van der Waals surface area contributed by atoms with Gasteiger partial charge >= 0.3 is 5.95 Å². The zero-order valence-corrected chi connectivity index (χ0v) is 16.7. The van der Waals surface area contributed by atoms with E-state index in [1.807, 2.05) is 47.0 Å². The number of imidazole rings is 1. The number of hydrogen-bond acceptors (Lipinski definition) is 4. The molecular formula is C22H30N4O3+2. The number of nitrogens with zero attached hydrogens (tertiary/aromatic N) is 2. The molecule has 7 nitrogen and oxygen atoms in total. The second-order valence-electron chi connectivity index (χ2n) is 7.50. The zero-order valence-electron chi connectivity index (χ0n) is 16.7. The summed E-state index contributed by atoms with van der Waals surface area (Å²) in [5.74, 6) is 1.41. The fourth-order valence-electron chi connectivity index (χ4n) is 3.89. The summed E-state index contributed by atoms with van der Waals surface area (Å²) in [4.78, 5) is 1.54.